The fourth-order valence-corrected chi connectivity index (χ4v) is 2.21. The zero-order valence-corrected chi connectivity index (χ0v) is 11.6. The van der Waals surface area contributed by atoms with Crippen LogP contribution in [0.15, 0.2) is 53.1 Å². The van der Waals surface area contributed by atoms with Gasteiger partial charge in [0.1, 0.15) is 17.7 Å². The summed E-state index contributed by atoms with van der Waals surface area (Å²) in [5.74, 6) is -1.22. The number of hydrogen-bond acceptors (Lipinski definition) is 4. The summed E-state index contributed by atoms with van der Waals surface area (Å²) in [6.45, 7) is 0. The van der Waals surface area contributed by atoms with Crippen molar-refractivity contribution in [2.45, 2.75) is 0 Å². The molecule has 0 aliphatic rings. The van der Waals surface area contributed by atoms with Gasteiger partial charge in [0.15, 0.2) is 5.78 Å². The first kappa shape index (κ1) is 14.0. The zero-order valence-electron chi connectivity index (χ0n) is 11.6. The van der Waals surface area contributed by atoms with Gasteiger partial charge in [-0.1, -0.05) is 0 Å². The highest BCUT2D eigenvalue weighted by Crippen LogP contribution is 2.25. The van der Waals surface area contributed by atoms with Crippen LogP contribution >= 0.6 is 0 Å². The molecule has 110 valence electrons. The lowest BCUT2D eigenvalue weighted by Crippen LogP contribution is -2.02. The van der Waals surface area contributed by atoms with Crippen LogP contribution in [0.1, 0.15) is 26.3 Å². The van der Waals surface area contributed by atoms with Crippen LogP contribution in [-0.2, 0) is 4.74 Å². The predicted molar refractivity (Wildman–Crippen MR) is 77.4 cm³/mol. The number of ether oxygens (including phenoxy) is 1. The van der Waals surface area contributed by atoms with Gasteiger partial charge in [-0.25, -0.2) is 9.18 Å². The number of fused-ring (bicyclic) bond motifs is 1. The second kappa shape index (κ2) is 5.44. The highest BCUT2D eigenvalue weighted by Gasteiger charge is 2.17. The van der Waals surface area contributed by atoms with E-state index in [9.17, 15) is 14.0 Å². The molecule has 1 aromatic heterocycles. The van der Waals surface area contributed by atoms with Crippen molar-refractivity contribution in [3.63, 3.8) is 0 Å². The Morgan fingerprint density at radius 3 is 2.41 bits per heavy atom. The maximum absolute atomic E-state index is 12.9. The minimum absolute atomic E-state index is 0.305. The van der Waals surface area contributed by atoms with E-state index in [2.05, 4.69) is 4.74 Å². The van der Waals surface area contributed by atoms with Crippen LogP contribution in [-0.4, -0.2) is 18.9 Å². The molecule has 0 amide bonds. The molecule has 0 radical (unpaired) electrons. The SMILES string of the molecule is COC(=O)c1ccc2occ(C(=O)c3ccc(F)cc3)c2c1. The molecule has 0 bridgehead atoms. The fourth-order valence-electron chi connectivity index (χ4n) is 2.21. The molecule has 1 heterocycles. The summed E-state index contributed by atoms with van der Waals surface area (Å²) in [4.78, 5) is 24.1. The lowest BCUT2D eigenvalue weighted by Gasteiger charge is -2.01. The molecule has 3 aromatic rings. The van der Waals surface area contributed by atoms with E-state index >= 15 is 0 Å². The first-order valence-electron chi connectivity index (χ1n) is 6.50. The average Bonchev–Trinajstić information content (AvgIpc) is 2.97. The molecular weight excluding hydrogens is 287 g/mol. The molecule has 0 atom stereocenters. The van der Waals surface area contributed by atoms with Gasteiger partial charge >= 0.3 is 5.97 Å². The Labute approximate surface area is 125 Å². The molecule has 0 aliphatic carbocycles. The first-order valence-corrected chi connectivity index (χ1v) is 6.50. The van der Waals surface area contributed by atoms with Crippen molar-refractivity contribution in [2.75, 3.05) is 7.11 Å². The van der Waals surface area contributed by atoms with Crippen molar-refractivity contribution in [1.29, 1.82) is 0 Å². The Hall–Kier alpha value is -2.95. The molecule has 0 unspecified atom stereocenters. The summed E-state index contributed by atoms with van der Waals surface area (Å²) in [6.07, 6.45) is 1.33. The molecule has 0 aliphatic heterocycles. The maximum Gasteiger partial charge on any atom is 0.337 e. The van der Waals surface area contributed by atoms with E-state index in [-0.39, 0.29) is 5.78 Å². The molecule has 0 saturated carbocycles. The second-order valence-corrected chi connectivity index (χ2v) is 4.69. The molecule has 0 spiro atoms. The molecular formula is C17H11FO4. The topological polar surface area (TPSA) is 56.5 Å². The summed E-state index contributed by atoms with van der Waals surface area (Å²) in [5.41, 5.74) is 1.46. The van der Waals surface area contributed by atoms with Gasteiger partial charge in [-0.3, -0.25) is 4.79 Å². The lowest BCUT2D eigenvalue weighted by molar-refractivity contribution is 0.0600. The quantitative estimate of drug-likeness (QED) is 0.547. The molecule has 4 nitrogen and oxygen atoms in total. The van der Waals surface area contributed by atoms with Gasteiger partial charge in [-0.05, 0) is 42.5 Å². The maximum atomic E-state index is 12.9. The summed E-state index contributed by atoms with van der Waals surface area (Å²) in [7, 11) is 1.28. The Morgan fingerprint density at radius 2 is 1.73 bits per heavy atom. The number of esters is 1. The van der Waals surface area contributed by atoms with Gasteiger partial charge in [0.05, 0.1) is 18.2 Å². The summed E-state index contributed by atoms with van der Waals surface area (Å²) < 4.78 is 22.9. The van der Waals surface area contributed by atoms with Crippen LogP contribution in [0.3, 0.4) is 0 Å². The second-order valence-electron chi connectivity index (χ2n) is 4.69. The highest BCUT2D eigenvalue weighted by atomic mass is 19.1. The minimum atomic E-state index is -0.497. The largest absolute Gasteiger partial charge is 0.465 e. The van der Waals surface area contributed by atoms with Crippen molar-refractivity contribution >= 4 is 22.7 Å². The third-order valence-electron chi connectivity index (χ3n) is 3.35. The molecule has 0 saturated heterocycles. The van der Waals surface area contributed by atoms with Crippen LogP contribution in [0.2, 0.25) is 0 Å². The first-order chi connectivity index (χ1) is 10.6. The van der Waals surface area contributed by atoms with Crippen molar-refractivity contribution in [2.24, 2.45) is 0 Å². The molecule has 5 heteroatoms. The van der Waals surface area contributed by atoms with E-state index < -0.39 is 11.8 Å². The minimum Gasteiger partial charge on any atom is -0.465 e. The third kappa shape index (κ3) is 2.37. The molecule has 0 N–H and O–H groups in total. The highest BCUT2D eigenvalue weighted by molar-refractivity contribution is 6.16. The monoisotopic (exact) mass is 298 g/mol. The number of carbonyl (C=O) groups excluding carboxylic acids is 2. The zero-order chi connectivity index (χ0) is 15.7. The van der Waals surface area contributed by atoms with E-state index in [0.717, 1.165) is 0 Å². The van der Waals surface area contributed by atoms with Crippen molar-refractivity contribution in [3.05, 3.63) is 71.2 Å². The number of rotatable bonds is 3. The van der Waals surface area contributed by atoms with Gasteiger partial charge in [-0.15, -0.1) is 0 Å². The Morgan fingerprint density at radius 1 is 1.05 bits per heavy atom. The normalized spacial score (nSPS) is 10.6. The summed E-state index contributed by atoms with van der Waals surface area (Å²) in [6, 6.07) is 9.94. The van der Waals surface area contributed by atoms with Crippen LogP contribution in [0, 0.1) is 5.82 Å². The Kier molecular flexibility index (Phi) is 3.47. The van der Waals surface area contributed by atoms with Crippen LogP contribution in [0.25, 0.3) is 11.0 Å². The number of furan rings is 1. The lowest BCUT2D eigenvalue weighted by atomic mass is 10.0. The van der Waals surface area contributed by atoms with Gasteiger partial charge in [-0.2, -0.15) is 0 Å². The number of ketones is 1. The number of hydrogen-bond donors (Lipinski definition) is 0. The van der Waals surface area contributed by atoms with Crippen LogP contribution in [0.4, 0.5) is 4.39 Å². The van der Waals surface area contributed by atoms with Crippen molar-refractivity contribution in [1.82, 2.24) is 0 Å². The average molecular weight is 298 g/mol. The number of methoxy groups -OCH3 is 1. The summed E-state index contributed by atoms with van der Waals surface area (Å²) in [5, 5.41) is 0.511. The van der Waals surface area contributed by atoms with E-state index in [1.54, 1.807) is 18.2 Å². The van der Waals surface area contributed by atoms with E-state index in [1.165, 1.54) is 37.6 Å². The molecule has 22 heavy (non-hydrogen) atoms. The molecule has 0 fully saturated rings. The van der Waals surface area contributed by atoms with Gasteiger partial charge in [0, 0.05) is 10.9 Å². The third-order valence-corrected chi connectivity index (χ3v) is 3.35. The van der Waals surface area contributed by atoms with Gasteiger partial charge in [0.2, 0.25) is 0 Å². The van der Waals surface area contributed by atoms with Crippen LogP contribution in [0.5, 0.6) is 0 Å². The predicted octanol–water partition coefficient (Wildman–Crippen LogP) is 3.59. The van der Waals surface area contributed by atoms with E-state index in [1.807, 2.05) is 0 Å². The molecule has 2 aromatic carbocycles. The number of benzene rings is 2. The Bertz CT molecular complexity index is 862. The van der Waals surface area contributed by atoms with Crippen LogP contribution < -0.4 is 0 Å². The number of carbonyl (C=O) groups is 2. The molecule has 3 rings (SSSR count). The van der Waals surface area contributed by atoms with E-state index in [4.69, 9.17) is 4.42 Å². The van der Waals surface area contributed by atoms with Crippen molar-refractivity contribution in [3.8, 4) is 0 Å². The van der Waals surface area contributed by atoms with Gasteiger partial charge < -0.3 is 9.15 Å². The van der Waals surface area contributed by atoms with Gasteiger partial charge in [0.25, 0.3) is 0 Å². The number of halogens is 1. The fraction of sp³-hybridized carbons (Fsp3) is 0.0588. The van der Waals surface area contributed by atoms with E-state index in [0.29, 0.717) is 27.7 Å². The smallest absolute Gasteiger partial charge is 0.337 e. The summed E-state index contributed by atoms with van der Waals surface area (Å²) >= 11 is 0. The Balaban J connectivity index is 2.08. The van der Waals surface area contributed by atoms with Crippen molar-refractivity contribution < 1.29 is 23.1 Å². The standard InChI is InChI=1S/C17H11FO4/c1-21-17(20)11-4-7-15-13(8-11)14(9-22-15)16(19)10-2-5-12(18)6-3-10/h2-9H,1H3.